The van der Waals surface area contributed by atoms with E-state index in [9.17, 15) is 0 Å². The Kier molecular flexibility index (Phi) is 7.05. The fourth-order valence-electron chi connectivity index (χ4n) is 3.75. The van der Waals surface area contributed by atoms with E-state index in [1.165, 1.54) is 0 Å². The van der Waals surface area contributed by atoms with Gasteiger partial charge >= 0.3 is 0 Å². The van der Waals surface area contributed by atoms with Crippen LogP contribution in [0.15, 0.2) is 17.2 Å². The lowest BCUT2D eigenvalue weighted by Gasteiger charge is -2.27. The maximum Gasteiger partial charge on any atom is 0.250 e. The average molecular weight is 444 g/mol. The number of aromatic nitrogens is 3. The molecule has 32 heavy (non-hydrogen) atoms. The number of hydrazone groups is 1. The predicted octanol–water partition coefficient (Wildman–Crippen LogP) is 1.78. The Morgan fingerprint density at radius 1 is 0.875 bits per heavy atom. The third-order valence-corrected chi connectivity index (χ3v) is 5.40. The quantitative estimate of drug-likeness (QED) is 0.479. The molecule has 0 amide bonds. The molecule has 2 aliphatic rings. The maximum absolute atomic E-state index is 5.51. The highest BCUT2D eigenvalue weighted by Gasteiger charge is 2.21. The predicted molar refractivity (Wildman–Crippen MR) is 122 cm³/mol. The molecule has 1 aromatic carbocycles. The van der Waals surface area contributed by atoms with Crippen LogP contribution in [-0.2, 0) is 4.74 Å². The third-order valence-electron chi connectivity index (χ3n) is 5.40. The zero-order chi connectivity index (χ0) is 22.3. The molecule has 1 N–H and O–H groups in total. The summed E-state index contributed by atoms with van der Waals surface area (Å²) in [6.45, 7) is 4.69. The van der Waals surface area contributed by atoms with Crippen molar-refractivity contribution in [3.63, 3.8) is 0 Å². The smallest absolute Gasteiger partial charge is 0.250 e. The Morgan fingerprint density at radius 3 is 2.16 bits per heavy atom. The van der Waals surface area contributed by atoms with Crippen LogP contribution in [0.3, 0.4) is 0 Å². The summed E-state index contributed by atoms with van der Waals surface area (Å²) in [6, 6.07) is 3.64. The van der Waals surface area contributed by atoms with Crippen molar-refractivity contribution in [2.75, 3.05) is 75.9 Å². The van der Waals surface area contributed by atoms with E-state index in [-0.39, 0.29) is 0 Å². The van der Waals surface area contributed by atoms with Crippen molar-refractivity contribution in [1.29, 1.82) is 0 Å². The van der Waals surface area contributed by atoms with E-state index in [1.807, 2.05) is 6.07 Å². The molecular weight excluding hydrogens is 414 g/mol. The van der Waals surface area contributed by atoms with Crippen LogP contribution in [0.2, 0.25) is 0 Å². The standard InChI is InChI=1S/C21H29N7O4/c1-29-16-7-6-15(17(30-2)18(16)31-3)14-22-26-19-23-20(27-8-4-5-9-27)25-21(24-19)28-10-12-32-13-11-28/h6-7,14H,4-5,8-13H2,1-3H3,(H,23,24,25,26)/b22-14-. The highest BCUT2D eigenvalue weighted by molar-refractivity contribution is 5.86. The van der Waals surface area contributed by atoms with Gasteiger partial charge in [-0.1, -0.05) is 0 Å². The summed E-state index contributed by atoms with van der Waals surface area (Å²) in [5.41, 5.74) is 3.67. The van der Waals surface area contributed by atoms with Crippen LogP contribution in [0.1, 0.15) is 18.4 Å². The van der Waals surface area contributed by atoms with Gasteiger partial charge in [-0.05, 0) is 25.0 Å². The highest BCUT2D eigenvalue weighted by atomic mass is 16.5. The van der Waals surface area contributed by atoms with E-state index in [0.717, 1.165) is 44.6 Å². The molecule has 2 aromatic rings. The van der Waals surface area contributed by atoms with Crippen LogP contribution < -0.4 is 29.4 Å². The Morgan fingerprint density at radius 2 is 1.53 bits per heavy atom. The molecular formula is C21H29N7O4. The monoisotopic (exact) mass is 443 g/mol. The SMILES string of the molecule is COc1ccc(/C=N\Nc2nc(N3CCCC3)nc(N3CCOCC3)n2)c(OC)c1OC. The molecule has 11 nitrogen and oxygen atoms in total. The molecule has 2 saturated heterocycles. The van der Waals surface area contributed by atoms with Gasteiger partial charge in [0.2, 0.25) is 23.6 Å². The second-order valence-corrected chi connectivity index (χ2v) is 7.35. The lowest BCUT2D eigenvalue weighted by Crippen LogP contribution is -2.38. The van der Waals surface area contributed by atoms with Crippen LogP contribution in [-0.4, -0.2) is 81.9 Å². The summed E-state index contributed by atoms with van der Waals surface area (Å²) in [5.74, 6) is 3.30. The van der Waals surface area contributed by atoms with Crippen LogP contribution in [0, 0.1) is 0 Å². The van der Waals surface area contributed by atoms with Gasteiger partial charge in [0.05, 0.1) is 40.8 Å². The molecule has 0 radical (unpaired) electrons. The summed E-state index contributed by atoms with van der Waals surface area (Å²) in [4.78, 5) is 18.2. The molecule has 11 heteroatoms. The largest absolute Gasteiger partial charge is 0.493 e. The summed E-state index contributed by atoms with van der Waals surface area (Å²) < 4.78 is 21.7. The zero-order valence-corrected chi connectivity index (χ0v) is 18.7. The minimum Gasteiger partial charge on any atom is -0.493 e. The Balaban J connectivity index is 1.58. The fraction of sp³-hybridized carbons (Fsp3) is 0.524. The van der Waals surface area contributed by atoms with Crippen molar-refractivity contribution in [3.05, 3.63) is 17.7 Å². The number of morpholine rings is 1. The van der Waals surface area contributed by atoms with E-state index in [4.69, 9.17) is 23.9 Å². The van der Waals surface area contributed by atoms with Gasteiger partial charge in [-0.25, -0.2) is 5.43 Å². The molecule has 0 spiro atoms. The second-order valence-electron chi connectivity index (χ2n) is 7.35. The molecule has 0 atom stereocenters. The first-order chi connectivity index (χ1) is 15.7. The van der Waals surface area contributed by atoms with Crippen LogP contribution in [0.4, 0.5) is 17.8 Å². The number of methoxy groups -OCH3 is 3. The van der Waals surface area contributed by atoms with E-state index < -0.39 is 0 Å². The Bertz CT molecular complexity index is 944. The Hall–Kier alpha value is -3.34. The summed E-state index contributed by atoms with van der Waals surface area (Å²) in [7, 11) is 4.72. The normalized spacial score (nSPS) is 16.5. The van der Waals surface area contributed by atoms with Gasteiger partial charge < -0.3 is 28.7 Å². The molecule has 4 rings (SSSR count). The molecule has 172 valence electrons. The van der Waals surface area contributed by atoms with Gasteiger partial charge in [0.1, 0.15) is 0 Å². The van der Waals surface area contributed by atoms with Crippen LogP contribution >= 0.6 is 0 Å². The van der Waals surface area contributed by atoms with Gasteiger partial charge in [-0.15, -0.1) is 0 Å². The topological polar surface area (TPSA) is 106 Å². The van der Waals surface area contributed by atoms with Crippen molar-refractivity contribution in [2.45, 2.75) is 12.8 Å². The molecule has 0 unspecified atom stereocenters. The lowest BCUT2D eigenvalue weighted by atomic mass is 10.2. The van der Waals surface area contributed by atoms with E-state index in [2.05, 4.69) is 30.3 Å². The number of nitrogens with one attached hydrogen (secondary N) is 1. The first-order valence-electron chi connectivity index (χ1n) is 10.6. The number of hydrogen-bond acceptors (Lipinski definition) is 11. The van der Waals surface area contributed by atoms with Crippen molar-refractivity contribution >= 4 is 24.1 Å². The lowest BCUT2D eigenvalue weighted by molar-refractivity contribution is 0.122. The fourth-order valence-corrected chi connectivity index (χ4v) is 3.75. The molecule has 1 aromatic heterocycles. The second kappa shape index (κ2) is 10.3. The van der Waals surface area contributed by atoms with Crippen molar-refractivity contribution in [1.82, 2.24) is 15.0 Å². The van der Waals surface area contributed by atoms with Crippen molar-refractivity contribution in [3.8, 4) is 17.2 Å². The summed E-state index contributed by atoms with van der Waals surface area (Å²) in [5, 5.41) is 4.34. The third kappa shape index (κ3) is 4.77. The average Bonchev–Trinajstić information content (AvgIpc) is 3.39. The van der Waals surface area contributed by atoms with E-state index in [0.29, 0.717) is 48.3 Å². The molecule has 2 fully saturated rings. The van der Waals surface area contributed by atoms with Gasteiger partial charge in [-0.2, -0.15) is 20.1 Å². The maximum atomic E-state index is 5.51. The number of benzene rings is 1. The number of hydrogen-bond donors (Lipinski definition) is 1. The van der Waals surface area contributed by atoms with E-state index >= 15 is 0 Å². The number of ether oxygens (including phenoxy) is 4. The first kappa shape index (κ1) is 21.9. The van der Waals surface area contributed by atoms with Gasteiger partial charge in [0, 0.05) is 31.7 Å². The van der Waals surface area contributed by atoms with E-state index in [1.54, 1.807) is 33.6 Å². The van der Waals surface area contributed by atoms with Gasteiger partial charge in [-0.3, -0.25) is 0 Å². The molecule has 0 bridgehead atoms. The van der Waals surface area contributed by atoms with Crippen molar-refractivity contribution < 1.29 is 18.9 Å². The van der Waals surface area contributed by atoms with Gasteiger partial charge in [0.25, 0.3) is 0 Å². The zero-order valence-electron chi connectivity index (χ0n) is 18.7. The summed E-state index contributed by atoms with van der Waals surface area (Å²) >= 11 is 0. The summed E-state index contributed by atoms with van der Waals surface area (Å²) in [6.07, 6.45) is 3.91. The minimum absolute atomic E-state index is 0.388. The molecule has 0 aliphatic carbocycles. The van der Waals surface area contributed by atoms with Crippen molar-refractivity contribution in [2.24, 2.45) is 5.10 Å². The number of nitrogens with zero attached hydrogens (tertiary/aromatic N) is 6. The first-order valence-corrected chi connectivity index (χ1v) is 10.6. The van der Waals surface area contributed by atoms with Gasteiger partial charge in [0.15, 0.2) is 11.5 Å². The molecule has 0 saturated carbocycles. The number of anilines is 3. The van der Waals surface area contributed by atoms with Crippen LogP contribution in [0.25, 0.3) is 0 Å². The molecule has 3 heterocycles. The number of rotatable bonds is 8. The Labute approximate surface area is 187 Å². The van der Waals surface area contributed by atoms with Crippen LogP contribution in [0.5, 0.6) is 17.2 Å². The minimum atomic E-state index is 0.388. The highest BCUT2D eigenvalue weighted by Crippen LogP contribution is 2.39. The molecule has 2 aliphatic heterocycles.